The van der Waals surface area contributed by atoms with Gasteiger partial charge in [0.2, 0.25) is 0 Å². The van der Waals surface area contributed by atoms with Gasteiger partial charge in [-0.1, -0.05) is 18.2 Å². The summed E-state index contributed by atoms with van der Waals surface area (Å²) >= 11 is 0. The van der Waals surface area contributed by atoms with Crippen molar-refractivity contribution in [3.63, 3.8) is 0 Å². The summed E-state index contributed by atoms with van der Waals surface area (Å²) in [4.78, 5) is 21.9. The first-order chi connectivity index (χ1) is 12.5. The van der Waals surface area contributed by atoms with Gasteiger partial charge in [-0.2, -0.15) is 10.2 Å². The number of hydrogen-bond acceptors (Lipinski definition) is 4. The highest BCUT2D eigenvalue weighted by molar-refractivity contribution is 6.34. The van der Waals surface area contributed by atoms with E-state index in [1.54, 1.807) is 23.0 Å². The Morgan fingerprint density at radius 1 is 1.12 bits per heavy atom. The number of rotatable bonds is 4. The summed E-state index contributed by atoms with van der Waals surface area (Å²) in [7, 11) is 0. The number of nitrogens with one attached hydrogen (secondary N) is 1. The van der Waals surface area contributed by atoms with Gasteiger partial charge in [0.15, 0.2) is 0 Å². The van der Waals surface area contributed by atoms with E-state index in [9.17, 15) is 14.0 Å². The van der Waals surface area contributed by atoms with Crippen LogP contribution >= 0.6 is 0 Å². The molecule has 26 heavy (non-hydrogen) atoms. The number of halogens is 1. The van der Waals surface area contributed by atoms with Crippen LogP contribution in [0.2, 0.25) is 0 Å². The Labute approximate surface area is 147 Å². The predicted octanol–water partition coefficient (Wildman–Crippen LogP) is 1.61. The average Bonchev–Trinajstić information content (AvgIpc) is 3.07. The number of amides is 2. The monoisotopic (exact) mass is 351 g/mol. The maximum absolute atomic E-state index is 13.2. The van der Waals surface area contributed by atoms with Gasteiger partial charge >= 0.3 is 11.8 Å². The van der Waals surface area contributed by atoms with Crippen LogP contribution in [0.5, 0.6) is 0 Å². The maximum Gasteiger partial charge on any atom is 0.329 e. The SMILES string of the molecule is NC(=O)C(=O)N/N=C\c1cn(-c2ccccc2)nc1-c1ccc(F)cc1. The molecule has 0 aliphatic rings. The van der Waals surface area contributed by atoms with Gasteiger partial charge in [-0.25, -0.2) is 14.5 Å². The number of hydrogen-bond donors (Lipinski definition) is 2. The zero-order valence-corrected chi connectivity index (χ0v) is 13.5. The van der Waals surface area contributed by atoms with E-state index in [0.717, 1.165) is 5.69 Å². The van der Waals surface area contributed by atoms with Gasteiger partial charge in [0, 0.05) is 17.3 Å². The molecule has 0 aliphatic heterocycles. The van der Waals surface area contributed by atoms with Crippen molar-refractivity contribution in [3.05, 3.63) is 72.2 Å². The Kier molecular flexibility index (Phi) is 4.84. The molecule has 0 aliphatic carbocycles. The molecule has 130 valence electrons. The molecule has 0 fully saturated rings. The molecule has 2 amide bonds. The van der Waals surface area contributed by atoms with Crippen molar-refractivity contribution in [2.24, 2.45) is 10.8 Å². The van der Waals surface area contributed by atoms with Gasteiger partial charge in [-0.05, 0) is 36.4 Å². The van der Waals surface area contributed by atoms with Crippen molar-refractivity contribution in [2.75, 3.05) is 0 Å². The smallest absolute Gasteiger partial charge is 0.329 e. The summed E-state index contributed by atoms with van der Waals surface area (Å²) in [6.07, 6.45) is 3.04. The molecule has 0 atom stereocenters. The summed E-state index contributed by atoms with van der Waals surface area (Å²) in [6.45, 7) is 0. The van der Waals surface area contributed by atoms with Crippen LogP contribution in [0.25, 0.3) is 16.9 Å². The first kappa shape index (κ1) is 17.0. The van der Waals surface area contributed by atoms with Crippen LogP contribution < -0.4 is 11.2 Å². The molecule has 0 saturated carbocycles. The van der Waals surface area contributed by atoms with Crippen LogP contribution in [0.4, 0.5) is 4.39 Å². The Bertz CT molecular complexity index is 965. The Morgan fingerprint density at radius 3 is 2.46 bits per heavy atom. The second-order valence-electron chi connectivity index (χ2n) is 5.28. The van der Waals surface area contributed by atoms with Crippen LogP contribution in [0.3, 0.4) is 0 Å². The third-order valence-electron chi connectivity index (χ3n) is 3.47. The van der Waals surface area contributed by atoms with Crippen LogP contribution in [0, 0.1) is 5.82 Å². The first-order valence-electron chi connectivity index (χ1n) is 7.58. The van der Waals surface area contributed by atoms with Crippen LogP contribution in [0.1, 0.15) is 5.56 Å². The third kappa shape index (κ3) is 3.81. The minimum absolute atomic E-state index is 0.361. The van der Waals surface area contributed by atoms with Crippen molar-refractivity contribution in [1.29, 1.82) is 0 Å². The van der Waals surface area contributed by atoms with Crippen molar-refractivity contribution >= 4 is 18.0 Å². The number of carbonyl (C=O) groups excluding carboxylic acids is 2. The normalized spacial score (nSPS) is 10.8. The summed E-state index contributed by atoms with van der Waals surface area (Å²) < 4.78 is 14.8. The molecule has 3 aromatic rings. The van der Waals surface area contributed by atoms with Gasteiger partial charge < -0.3 is 5.73 Å². The molecule has 1 aromatic heterocycles. The third-order valence-corrected chi connectivity index (χ3v) is 3.47. The topological polar surface area (TPSA) is 102 Å². The lowest BCUT2D eigenvalue weighted by molar-refractivity contribution is -0.137. The molecule has 1 heterocycles. The highest BCUT2D eigenvalue weighted by Crippen LogP contribution is 2.23. The molecule has 2 aromatic carbocycles. The number of primary amides is 1. The minimum atomic E-state index is -1.14. The van der Waals surface area contributed by atoms with Crippen molar-refractivity contribution in [2.45, 2.75) is 0 Å². The number of carbonyl (C=O) groups is 2. The van der Waals surface area contributed by atoms with E-state index in [1.807, 2.05) is 35.8 Å². The number of nitrogens with two attached hydrogens (primary N) is 1. The molecule has 0 bridgehead atoms. The number of aromatic nitrogens is 2. The van der Waals surface area contributed by atoms with E-state index in [-0.39, 0.29) is 5.82 Å². The van der Waals surface area contributed by atoms with E-state index in [1.165, 1.54) is 18.3 Å². The zero-order chi connectivity index (χ0) is 18.5. The largest absolute Gasteiger partial charge is 0.361 e. The van der Waals surface area contributed by atoms with E-state index in [2.05, 4.69) is 10.2 Å². The minimum Gasteiger partial charge on any atom is -0.361 e. The van der Waals surface area contributed by atoms with Gasteiger partial charge in [0.05, 0.1) is 11.9 Å². The van der Waals surface area contributed by atoms with Crippen LogP contribution in [-0.2, 0) is 9.59 Å². The zero-order valence-electron chi connectivity index (χ0n) is 13.5. The number of para-hydroxylation sites is 1. The lowest BCUT2D eigenvalue weighted by Gasteiger charge is -2.00. The van der Waals surface area contributed by atoms with Crippen molar-refractivity contribution in [3.8, 4) is 16.9 Å². The summed E-state index contributed by atoms with van der Waals surface area (Å²) in [5, 5.41) is 8.23. The van der Waals surface area contributed by atoms with Crippen LogP contribution in [-0.4, -0.2) is 27.8 Å². The second kappa shape index (κ2) is 7.39. The fourth-order valence-corrected chi connectivity index (χ4v) is 2.24. The van der Waals surface area contributed by atoms with E-state index >= 15 is 0 Å². The number of nitrogens with zero attached hydrogens (tertiary/aromatic N) is 3. The number of benzene rings is 2. The van der Waals surface area contributed by atoms with Gasteiger partial charge in [-0.15, -0.1) is 0 Å². The van der Waals surface area contributed by atoms with Gasteiger partial charge in [0.1, 0.15) is 11.5 Å². The molecular formula is C18H14FN5O2. The van der Waals surface area contributed by atoms with E-state index in [0.29, 0.717) is 16.8 Å². The second-order valence-corrected chi connectivity index (χ2v) is 5.28. The van der Waals surface area contributed by atoms with E-state index < -0.39 is 11.8 Å². The quantitative estimate of drug-likeness (QED) is 0.424. The summed E-state index contributed by atoms with van der Waals surface area (Å²) in [6, 6.07) is 15.2. The molecule has 3 rings (SSSR count). The van der Waals surface area contributed by atoms with Gasteiger partial charge in [0.25, 0.3) is 0 Å². The molecule has 0 saturated heterocycles. The lowest BCUT2D eigenvalue weighted by atomic mass is 10.1. The highest BCUT2D eigenvalue weighted by Gasteiger charge is 2.12. The Balaban J connectivity index is 1.99. The maximum atomic E-state index is 13.2. The van der Waals surface area contributed by atoms with Crippen molar-refractivity contribution < 1.29 is 14.0 Å². The van der Waals surface area contributed by atoms with Gasteiger partial charge in [-0.3, -0.25) is 9.59 Å². The molecule has 8 heteroatoms. The summed E-state index contributed by atoms with van der Waals surface area (Å²) in [5.74, 6) is -2.53. The Hall–Kier alpha value is -3.81. The molecular weight excluding hydrogens is 337 g/mol. The molecule has 0 spiro atoms. The van der Waals surface area contributed by atoms with E-state index in [4.69, 9.17) is 5.73 Å². The lowest BCUT2D eigenvalue weighted by Crippen LogP contribution is -2.32. The first-order valence-corrected chi connectivity index (χ1v) is 7.58. The predicted molar refractivity (Wildman–Crippen MR) is 93.9 cm³/mol. The van der Waals surface area contributed by atoms with Crippen molar-refractivity contribution in [1.82, 2.24) is 15.2 Å². The number of hydrazone groups is 1. The fraction of sp³-hybridized carbons (Fsp3) is 0. The Morgan fingerprint density at radius 2 is 1.81 bits per heavy atom. The fourth-order valence-electron chi connectivity index (χ4n) is 2.24. The van der Waals surface area contributed by atoms with Crippen LogP contribution in [0.15, 0.2) is 65.9 Å². The highest BCUT2D eigenvalue weighted by atomic mass is 19.1. The standard InChI is InChI=1S/C18H14FN5O2/c19-14-8-6-12(7-9-14)16-13(10-21-22-18(26)17(20)25)11-24(23-16)15-4-2-1-3-5-15/h1-11H,(H2,20,25)(H,22,26)/b21-10-. The molecule has 0 radical (unpaired) electrons. The molecule has 0 unspecified atom stereocenters. The average molecular weight is 351 g/mol. The summed E-state index contributed by atoms with van der Waals surface area (Å²) in [5.41, 5.74) is 9.46. The molecule has 7 nitrogen and oxygen atoms in total. The molecule has 3 N–H and O–H groups in total.